The Kier molecular flexibility index (Phi) is 2.05. The fraction of sp³-hybridized carbons (Fsp3) is 0.375. The van der Waals surface area contributed by atoms with Crippen LogP contribution in [0.1, 0.15) is 20.3 Å². The molecule has 0 saturated heterocycles. The first-order valence-electron chi connectivity index (χ1n) is 3.28. The molecule has 0 spiro atoms. The highest BCUT2D eigenvalue weighted by Gasteiger charge is 2.12. The highest BCUT2D eigenvalue weighted by Crippen LogP contribution is 2.29. The monoisotopic (exact) mass is 154 g/mol. The molecule has 1 atom stereocenters. The summed E-state index contributed by atoms with van der Waals surface area (Å²) in [6.07, 6.45) is 2.87. The molecule has 1 nitrogen and oxygen atoms in total. The standard InChI is InChI=1S/C8H11OP/c1-5-3-7(10)4-8(5)6(2)9/h3H,4,10H2,1-2H3. The zero-order valence-electron chi connectivity index (χ0n) is 6.27. The molecule has 0 aromatic carbocycles. The van der Waals surface area contributed by atoms with Crippen molar-refractivity contribution in [2.45, 2.75) is 20.3 Å². The molecule has 0 saturated carbocycles. The third-order valence-corrected chi connectivity index (χ3v) is 2.05. The number of Topliss-reactive ketones (excluding diaryl/α,β-unsaturated/α-hetero) is 1. The molecule has 1 aliphatic rings. The van der Waals surface area contributed by atoms with E-state index < -0.39 is 0 Å². The first-order valence-corrected chi connectivity index (χ1v) is 3.85. The summed E-state index contributed by atoms with van der Waals surface area (Å²) in [5, 5.41) is 1.21. The molecular formula is C8H11OP. The SMILES string of the molecule is CC(=O)C1=C(C)C=C(P)C1. The number of rotatable bonds is 1. The minimum Gasteiger partial charge on any atom is -0.295 e. The van der Waals surface area contributed by atoms with Crippen LogP contribution in [-0.2, 0) is 4.79 Å². The maximum absolute atomic E-state index is 10.9. The Balaban J connectivity index is 2.86. The average Bonchev–Trinajstić information content (AvgIpc) is 2.10. The van der Waals surface area contributed by atoms with Gasteiger partial charge in [0.05, 0.1) is 0 Å². The van der Waals surface area contributed by atoms with Crippen LogP contribution in [0.15, 0.2) is 22.5 Å². The molecular weight excluding hydrogens is 143 g/mol. The Bertz CT molecular complexity index is 236. The van der Waals surface area contributed by atoms with Crippen molar-refractivity contribution in [3.05, 3.63) is 22.5 Å². The van der Waals surface area contributed by atoms with Crippen molar-refractivity contribution >= 4 is 15.0 Å². The van der Waals surface area contributed by atoms with E-state index in [-0.39, 0.29) is 5.78 Å². The zero-order valence-corrected chi connectivity index (χ0v) is 7.42. The van der Waals surface area contributed by atoms with E-state index in [9.17, 15) is 4.79 Å². The van der Waals surface area contributed by atoms with E-state index in [0.717, 1.165) is 17.6 Å². The maximum Gasteiger partial charge on any atom is 0.156 e. The van der Waals surface area contributed by atoms with Gasteiger partial charge >= 0.3 is 0 Å². The summed E-state index contributed by atoms with van der Waals surface area (Å²) in [7, 11) is 2.63. The Morgan fingerprint density at radius 2 is 2.30 bits per heavy atom. The molecule has 2 heteroatoms. The van der Waals surface area contributed by atoms with Gasteiger partial charge in [-0.05, 0) is 24.7 Å². The van der Waals surface area contributed by atoms with Gasteiger partial charge in [-0.2, -0.15) is 0 Å². The van der Waals surface area contributed by atoms with Crippen molar-refractivity contribution in [1.29, 1.82) is 0 Å². The molecule has 0 amide bonds. The van der Waals surface area contributed by atoms with Crippen molar-refractivity contribution in [1.82, 2.24) is 0 Å². The molecule has 0 heterocycles. The Hall–Kier alpha value is -0.420. The summed E-state index contributed by atoms with van der Waals surface area (Å²) in [5.74, 6) is 0.200. The van der Waals surface area contributed by atoms with Crippen LogP contribution in [0.3, 0.4) is 0 Å². The number of carbonyl (C=O) groups is 1. The van der Waals surface area contributed by atoms with E-state index in [1.807, 2.05) is 13.0 Å². The Labute approximate surface area is 63.4 Å². The van der Waals surface area contributed by atoms with Gasteiger partial charge in [0.2, 0.25) is 0 Å². The molecule has 0 aromatic rings. The molecule has 0 aromatic heterocycles. The van der Waals surface area contributed by atoms with Crippen molar-refractivity contribution in [2.75, 3.05) is 0 Å². The third kappa shape index (κ3) is 1.35. The van der Waals surface area contributed by atoms with E-state index in [1.54, 1.807) is 6.92 Å². The lowest BCUT2D eigenvalue weighted by molar-refractivity contribution is -0.113. The number of hydrogen-bond acceptors (Lipinski definition) is 1. The molecule has 0 bridgehead atoms. The van der Waals surface area contributed by atoms with E-state index in [2.05, 4.69) is 9.24 Å². The van der Waals surface area contributed by atoms with Gasteiger partial charge in [0.15, 0.2) is 5.78 Å². The van der Waals surface area contributed by atoms with Crippen molar-refractivity contribution < 1.29 is 4.79 Å². The molecule has 1 unspecified atom stereocenters. The lowest BCUT2D eigenvalue weighted by Crippen LogP contribution is -1.94. The predicted octanol–water partition coefficient (Wildman–Crippen LogP) is 2.05. The van der Waals surface area contributed by atoms with Gasteiger partial charge in [0.25, 0.3) is 0 Å². The molecule has 10 heavy (non-hydrogen) atoms. The maximum atomic E-state index is 10.9. The number of carbonyl (C=O) groups excluding carboxylic acids is 1. The van der Waals surface area contributed by atoms with Crippen LogP contribution in [0.2, 0.25) is 0 Å². The van der Waals surface area contributed by atoms with Crippen molar-refractivity contribution in [3.8, 4) is 0 Å². The van der Waals surface area contributed by atoms with Crippen LogP contribution in [0.25, 0.3) is 0 Å². The van der Waals surface area contributed by atoms with Gasteiger partial charge in [-0.3, -0.25) is 4.79 Å². The summed E-state index contributed by atoms with van der Waals surface area (Å²) in [4.78, 5) is 10.9. The quantitative estimate of drug-likeness (QED) is 0.528. The van der Waals surface area contributed by atoms with E-state index in [1.165, 1.54) is 5.31 Å². The minimum atomic E-state index is 0.200. The van der Waals surface area contributed by atoms with Crippen LogP contribution in [0, 0.1) is 0 Å². The second kappa shape index (κ2) is 2.67. The van der Waals surface area contributed by atoms with Crippen LogP contribution >= 0.6 is 9.24 Å². The normalized spacial score (nSPS) is 17.7. The summed E-state index contributed by atoms with van der Waals surface area (Å²) < 4.78 is 0. The van der Waals surface area contributed by atoms with Crippen molar-refractivity contribution in [3.63, 3.8) is 0 Å². The van der Waals surface area contributed by atoms with Gasteiger partial charge in [0, 0.05) is 12.0 Å². The molecule has 1 aliphatic carbocycles. The summed E-state index contributed by atoms with van der Waals surface area (Å²) in [6.45, 7) is 3.60. The summed E-state index contributed by atoms with van der Waals surface area (Å²) in [6, 6.07) is 0. The van der Waals surface area contributed by atoms with Crippen LogP contribution < -0.4 is 0 Å². The van der Waals surface area contributed by atoms with Gasteiger partial charge in [-0.25, -0.2) is 0 Å². The highest BCUT2D eigenvalue weighted by atomic mass is 31.0. The van der Waals surface area contributed by atoms with Crippen LogP contribution in [-0.4, -0.2) is 5.78 Å². The predicted molar refractivity (Wildman–Crippen MR) is 45.8 cm³/mol. The highest BCUT2D eigenvalue weighted by molar-refractivity contribution is 7.22. The molecule has 0 fully saturated rings. The van der Waals surface area contributed by atoms with Crippen LogP contribution in [0.5, 0.6) is 0 Å². The molecule has 54 valence electrons. The number of allylic oxidation sites excluding steroid dienone is 4. The lowest BCUT2D eigenvalue weighted by Gasteiger charge is -1.95. The fourth-order valence-electron chi connectivity index (χ4n) is 1.16. The van der Waals surface area contributed by atoms with Crippen LogP contribution in [0.4, 0.5) is 0 Å². The second-order valence-electron chi connectivity index (χ2n) is 2.61. The Morgan fingerprint density at radius 3 is 2.50 bits per heavy atom. The first-order chi connectivity index (χ1) is 4.61. The van der Waals surface area contributed by atoms with E-state index >= 15 is 0 Å². The van der Waals surface area contributed by atoms with E-state index in [4.69, 9.17) is 0 Å². The first kappa shape index (κ1) is 7.68. The topological polar surface area (TPSA) is 17.1 Å². The average molecular weight is 154 g/mol. The van der Waals surface area contributed by atoms with Gasteiger partial charge < -0.3 is 0 Å². The smallest absolute Gasteiger partial charge is 0.156 e. The molecule has 0 aliphatic heterocycles. The number of hydrogen-bond donors (Lipinski definition) is 0. The van der Waals surface area contributed by atoms with Crippen molar-refractivity contribution in [2.24, 2.45) is 0 Å². The second-order valence-corrected chi connectivity index (χ2v) is 3.36. The Morgan fingerprint density at radius 1 is 1.70 bits per heavy atom. The molecule has 1 rings (SSSR count). The lowest BCUT2D eigenvalue weighted by atomic mass is 10.1. The third-order valence-electron chi connectivity index (χ3n) is 1.68. The minimum absolute atomic E-state index is 0.200. The zero-order chi connectivity index (χ0) is 7.72. The van der Waals surface area contributed by atoms with Gasteiger partial charge in [-0.15, -0.1) is 9.24 Å². The largest absolute Gasteiger partial charge is 0.295 e. The van der Waals surface area contributed by atoms with Gasteiger partial charge in [0.1, 0.15) is 0 Å². The molecule has 0 N–H and O–H groups in total. The molecule has 0 radical (unpaired) electrons. The summed E-state index contributed by atoms with van der Waals surface area (Å²) >= 11 is 0. The number of ketones is 1. The van der Waals surface area contributed by atoms with Gasteiger partial charge in [-0.1, -0.05) is 6.08 Å². The van der Waals surface area contributed by atoms with E-state index in [0.29, 0.717) is 0 Å². The fourth-order valence-corrected chi connectivity index (χ4v) is 1.62. The summed E-state index contributed by atoms with van der Waals surface area (Å²) in [5.41, 5.74) is 2.09.